The predicted octanol–water partition coefficient (Wildman–Crippen LogP) is 3.54. The molecule has 98 valence electrons. The van der Waals surface area contributed by atoms with E-state index >= 15 is 0 Å². The topological polar surface area (TPSA) is 60.7 Å². The molecule has 3 N–H and O–H groups in total. The zero-order valence-corrected chi connectivity index (χ0v) is 10.7. The molecule has 0 saturated carbocycles. The molecule has 0 fully saturated rings. The molecule has 0 saturated heterocycles. The number of benzene rings is 2. The van der Waals surface area contributed by atoms with Crippen molar-refractivity contribution in [1.29, 1.82) is 0 Å². The second kappa shape index (κ2) is 5.48. The molecule has 0 atom stereocenters. The number of hydrogen-bond donors (Lipinski definition) is 3. The summed E-state index contributed by atoms with van der Waals surface area (Å²) in [5, 5.41) is 28.2. The van der Waals surface area contributed by atoms with Gasteiger partial charge in [-0.25, -0.2) is 0 Å². The first-order valence-corrected chi connectivity index (χ1v) is 6.11. The first-order chi connectivity index (χ1) is 9.08. The maximum absolute atomic E-state index is 9.60. The first-order valence-electron chi connectivity index (χ1n) is 6.11. The van der Waals surface area contributed by atoms with Crippen LogP contribution in [0.15, 0.2) is 36.4 Å². The minimum absolute atomic E-state index is 0.136. The van der Waals surface area contributed by atoms with E-state index in [4.69, 9.17) is 0 Å². The van der Waals surface area contributed by atoms with Gasteiger partial charge < -0.3 is 15.3 Å². The van der Waals surface area contributed by atoms with Crippen LogP contribution in [0.25, 0.3) is 12.2 Å². The third kappa shape index (κ3) is 3.28. The molecule has 2 aromatic rings. The van der Waals surface area contributed by atoms with Gasteiger partial charge in [0.1, 0.15) is 5.75 Å². The summed E-state index contributed by atoms with van der Waals surface area (Å²) in [7, 11) is 0. The van der Waals surface area contributed by atoms with Gasteiger partial charge in [-0.15, -0.1) is 0 Å². The summed E-state index contributed by atoms with van der Waals surface area (Å²) in [5.41, 5.74) is 2.73. The molecule has 3 heteroatoms. The Balaban J connectivity index is 2.26. The number of aromatic hydroxyl groups is 3. The third-order valence-electron chi connectivity index (χ3n) is 2.88. The highest BCUT2D eigenvalue weighted by Crippen LogP contribution is 2.26. The van der Waals surface area contributed by atoms with Gasteiger partial charge in [0.25, 0.3) is 0 Å². The van der Waals surface area contributed by atoms with E-state index in [1.807, 2.05) is 25.1 Å². The quantitative estimate of drug-likeness (QED) is 0.581. The summed E-state index contributed by atoms with van der Waals surface area (Å²) in [6.45, 7) is 2.03. The third-order valence-corrected chi connectivity index (χ3v) is 2.88. The molecule has 0 aliphatic carbocycles. The summed E-state index contributed by atoms with van der Waals surface area (Å²) in [6, 6.07) is 10.0. The molecule has 3 nitrogen and oxygen atoms in total. The maximum atomic E-state index is 9.60. The van der Waals surface area contributed by atoms with Crippen LogP contribution in [0.4, 0.5) is 0 Å². The van der Waals surface area contributed by atoms with Crippen molar-refractivity contribution in [2.45, 2.75) is 13.3 Å². The average molecular weight is 256 g/mol. The largest absolute Gasteiger partial charge is 0.508 e. The average Bonchev–Trinajstić information content (AvgIpc) is 2.39. The lowest BCUT2D eigenvalue weighted by atomic mass is 10.1. The zero-order valence-electron chi connectivity index (χ0n) is 10.7. The molecule has 0 spiro atoms. The maximum Gasteiger partial charge on any atom is 0.157 e. The molecule has 0 amide bonds. The molecule has 0 heterocycles. The van der Waals surface area contributed by atoms with Crippen LogP contribution in [0.2, 0.25) is 0 Å². The summed E-state index contributed by atoms with van der Waals surface area (Å²) < 4.78 is 0. The van der Waals surface area contributed by atoms with Crippen LogP contribution in [0.5, 0.6) is 17.2 Å². The van der Waals surface area contributed by atoms with Gasteiger partial charge in [-0.2, -0.15) is 0 Å². The molecule has 0 bridgehead atoms. The van der Waals surface area contributed by atoms with Crippen molar-refractivity contribution in [3.63, 3.8) is 0 Å². The van der Waals surface area contributed by atoms with E-state index in [0.717, 1.165) is 23.1 Å². The van der Waals surface area contributed by atoms with E-state index < -0.39 is 0 Å². The fraction of sp³-hybridized carbons (Fsp3) is 0.125. The van der Waals surface area contributed by atoms with Crippen molar-refractivity contribution in [2.24, 2.45) is 0 Å². The number of rotatable bonds is 3. The Hall–Kier alpha value is -2.42. The Kier molecular flexibility index (Phi) is 3.76. The van der Waals surface area contributed by atoms with Crippen molar-refractivity contribution in [1.82, 2.24) is 0 Å². The molecule has 0 radical (unpaired) electrons. The van der Waals surface area contributed by atoms with Crippen LogP contribution in [0, 0.1) is 0 Å². The molecular formula is C16H16O3. The van der Waals surface area contributed by atoms with Crippen molar-refractivity contribution >= 4 is 12.2 Å². The zero-order chi connectivity index (χ0) is 13.8. The van der Waals surface area contributed by atoms with Gasteiger partial charge in [0.05, 0.1) is 0 Å². The SMILES string of the molecule is CCc1cc(O)cc(/C=C/c2ccc(O)c(O)c2)c1. The van der Waals surface area contributed by atoms with E-state index in [1.54, 1.807) is 18.2 Å². The normalized spacial score (nSPS) is 11.0. The summed E-state index contributed by atoms with van der Waals surface area (Å²) in [4.78, 5) is 0. The van der Waals surface area contributed by atoms with Crippen molar-refractivity contribution in [3.05, 3.63) is 53.1 Å². The van der Waals surface area contributed by atoms with Crippen LogP contribution in [-0.4, -0.2) is 15.3 Å². The fourth-order valence-electron chi connectivity index (χ4n) is 1.84. The lowest BCUT2D eigenvalue weighted by molar-refractivity contribution is 0.403. The Labute approximate surface area is 112 Å². The highest BCUT2D eigenvalue weighted by Gasteiger charge is 1.99. The Morgan fingerprint density at radius 3 is 2.26 bits per heavy atom. The van der Waals surface area contributed by atoms with Crippen LogP contribution in [0.1, 0.15) is 23.6 Å². The van der Waals surface area contributed by atoms with Crippen LogP contribution in [0.3, 0.4) is 0 Å². The van der Waals surface area contributed by atoms with Crippen molar-refractivity contribution in [3.8, 4) is 17.2 Å². The second-order valence-corrected chi connectivity index (χ2v) is 4.37. The van der Waals surface area contributed by atoms with Crippen LogP contribution < -0.4 is 0 Å². The Morgan fingerprint density at radius 1 is 0.842 bits per heavy atom. The number of aryl methyl sites for hydroxylation is 1. The van der Waals surface area contributed by atoms with Gasteiger partial charge in [0.2, 0.25) is 0 Å². The number of phenols is 3. The smallest absolute Gasteiger partial charge is 0.157 e. The predicted molar refractivity (Wildman–Crippen MR) is 76.2 cm³/mol. The summed E-state index contributed by atoms with van der Waals surface area (Å²) >= 11 is 0. The molecule has 2 rings (SSSR count). The molecule has 0 aliphatic rings. The molecular weight excluding hydrogens is 240 g/mol. The summed E-state index contributed by atoms with van der Waals surface area (Å²) in [6.07, 6.45) is 4.52. The van der Waals surface area contributed by atoms with Gasteiger partial charge in [0, 0.05) is 0 Å². The van der Waals surface area contributed by atoms with Crippen LogP contribution in [-0.2, 0) is 6.42 Å². The van der Waals surface area contributed by atoms with Gasteiger partial charge in [-0.05, 0) is 47.4 Å². The molecule has 2 aromatic carbocycles. The minimum atomic E-state index is -0.146. The molecule has 0 aromatic heterocycles. The second-order valence-electron chi connectivity index (χ2n) is 4.37. The first kappa shape index (κ1) is 13.0. The van der Waals surface area contributed by atoms with Gasteiger partial charge in [0.15, 0.2) is 11.5 Å². The number of phenolic OH excluding ortho intramolecular Hbond substituents is 3. The van der Waals surface area contributed by atoms with Crippen molar-refractivity contribution in [2.75, 3.05) is 0 Å². The highest BCUT2D eigenvalue weighted by atomic mass is 16.3. The summed E-state index contributed by atoms with van der Waals surface area (Å²) in [5.74, 6) is -0.0392. The molecule has 19 heavy (non-hydrogen) atoms. The van der Waals surface area contributed by atoms with E-state index in [-0.39, 0.29) is 17.2 Å². The highest BCUT2D eigenvalue weighted by molar-refractivity contribution is 5.71. The van der Waals surface area contributed by atoms with Gasteiger partial charge >= 0.3 is 0 Å². The lowest BCUT2D eigenvalue weighted by Gasteiger charge is -2.02. The molecule has 0 unspecified atom stereocenters. The molecule has 0 aliphatic heterocycles. The minimum Gasteiger partial charge on any atom is -0.508 e. The lowest BCUT2D eigenvalue weighted by Crippen LogP contribution is -1.82. The van der Waals surface area contributed by atoms with Gasteiger partial charge in [-0.1, -0.05) is 31.2 Å². The monoisotopic (exact) mass is 256 g/mol. The standard InChI is InChI=1S/C16H16O3/c1-2-11-7-13(9-14(17)8-11)4-3-12-5-6-15(18)16(19)10-12/h3-10,17-19H,2H2,1H3/b4-3+. The Bertz CT molecular complexity index is 615. The van der Waals surface area contributed by atoms with E-state index in [1.165, 1.54) is 12.1 Å². The van der Waals surface area contributed by atoms with E-state index in [9.17, 15) is 15.3 Å². The van der Waals surface area contributed by atoms with E-state index in [0.29, 0.717) is 0 Å². The number of hydrogen-bond acceptors (Lipinski definition) is 3. The van der Waals surface area contributed by atoms with Gasteiger partial charge in [-0.3, -0.25) is 0 Å². The van der Waals surface area contributed by atoms with E-state index in [2.05, 4.69) is 0 Å². The van der Waals surface area contributed by atoms with Crippen molar-refractivity contribution < 1.29 is 15.3 Å². The fourth-order valence-corrected chi connectivity index (χ4v) is 1.84. The van der Waals surface area contributed by atoms with Crippen LogP contribution >= 0.6 is 0 Å². The Morgan fingerprint density at radius 2 is 1.58 bits per heavy atom.